The second-order valence-corrected chi connectivity index (χ2v) is 6.79. The molecule has 0 aliphatic rings. The lowest BCUT2D eigenvalue weighted by molar-refractivity contribution is 1.35. The largest absolute Gasteiger partial charge is 0.254 e. The van der Waals surface area contributed by atoms with Crippen LogP contribution in [0.5, 0.6) is 0 Å². The van der Waals surface area contributed by atoms with Crippen molar-refractivity contribution in [3.05, 3.63) is 85.1 Å². The Morgan fingerprint density at radius 2 is 1.21 bits per heavy atom. The molecule has 0 aliphatic heterocycles. The summed E-state index contributed by atoms with van der Waals surface area (Å²) in [6.07, 6.45) is 1.81. The summed E-state index contributed by atoms with van der Waals surface area (Å²) in [4.78, 5) is 19.2. The number of rotatable bonds is 1. The Morgan fingerprint density at radius 3 is 2.11 bits per heavy atom. The predicted molar refractivity (Wildman–Crippen MR) is 113 cm³/mol. The molecule has 0 saturated carbocycles. The normalized spacial score (nSPS) is 11.6. The molecule has 0 amide bonds. The van der Waals surface area contributed by atoms with Crippen LogP contribution in [0.2, 0.25) is 0 Å². The zero-order valence-corrected chi connectivity index (χ0v) is 14.9. The highest BCUT2D eigenvalue weighted by Crippen LogP contribution is 2.30. The summed E-state index contributed by atoms with van der Waals surface area (Å²) in [7, 11) is 0. The maximum Gasteiger partial charge on any atom is 0.0988 e. The Morgan fingerprint density at radius 1 is 0.464 bits per heavy atom. The predicted octanol–water partition coefficient (Wildman–Crippen LogP) is 5.55. The van der Waals surface area contributed by atoms with Crippen molar-refractivity contribution < 1.29 is 0 Å². The van der Waals surface area contributed by atoms with E-state index < -0.39 is 0 Å². The Balaban J connectivity index is 1.67. The van der Waals surface area contributed by atoms with Crippen molar-refractivity contribution in [2.24, 2.45) is 0 Å². The van der Waals surface area contributed by atoms with Crippen molar-refractivity contribution in [1.82, 2.24) is 19.9 Å². The third-order valence-electron chi connectivity index (χ3n) is 5.08. The van der Waals surface area contributed by atoms with Crippen molar-refractivity contribution in [3.63, 3.8) is 0 Å². The number of para-hydroxylation sites is 3. The Bertz CT molecular complexity index is 1520. The number of hydrogen-bond acceptors (Lipinski definition) is 4. The lowest BCUT2D eigenvalue weighted by atomic mass is 10.1. The van der Waals surface area contributed by atoms with Gasteiger partial charge in [-0.05, 0) is 30.3 Å². The first-order valence-corrected chi connectivity index (χ1v) is 9.17. The highest BCUT2D eigenvalue weighted by atomic mass is 14.8. The van der Waals surface area contributed by atoms with E-state index in [4.69, 9.17) is 15.0 Å². The van der Waals surface area contributed by atoms with Crippen LogP contribution in [0, 0.1) is 0 Å². The van der Waals surface area contributed by atoms with Gasteiger partial charge < -0.3 is 0 Å². The maximum atomic E-state index is 4.97. The molecular formula is C24H14N4. The molecule has 0 N–H and O–H groups in total. The van der Waals surface area contributed by atoms with Gasteiger partial charge >= 0.3 is 0 Å². The van der Waals surface area contributed by atoms with Crippen LogP contribution in [0.4, 0.5) is 0 Å². The van der Waals surface area contributed by atoms with Crippen molar-refractivity contribution in [3.8, 4) is 11.3 Å². The molecule has 4 nitrogen and oxygen atoms in total. The van der Waals surface area contributed by atoms with Gasteiger partial charge in [0.15, 0.2) is 0 Å². The number of benzene rings is 3. The Hall–Kier alpha value is -3.92. The maximum absolute atomic E-state index is 4.97. The van der Waals surface area contributed by atoms with E-state index in [0.717, 1.165) is 55.1 Å². The van der Waals surface area contributed by atoms with E-state index >= 15 is 0 Å². The summed E-state index contributed by atoms with van der Waals surface area (Å²) in [5.74, 6) is 0. The molecule has 6 aromatic rings. The van der Waals surface area contributed by atoms with Crippen LogP contribution < -0.4 is 0 Å². The standard InChI is InChI=1S/C24H14N4/c1-2-8-20-19(7-1)26-21-9-3-6-17(24(21)28-20)18-13-12-16-11-10-15-5-4-14-25-22(15)23(16)27-18/h1-14H. The van der Waals surface area contributed by atoms with E-state index in [2.05, 4.69) is 35.3 Å². The highest BCUT2D eigenvalue weighted by molar-refractivity contribution is 6.04. The molecule has 3 aromatic heterocycles. The summed E-state index contributed by atoms with van der Waals surface area (Å²) < 4.78 is 0. The van der Waals surface area contributed by atoms with Gasteiger partial charge in [-0.1, -0.05) is 48.5 Å². The smallest absolute Gasteiger partial charge is 0.0988 e. The third kappa shape index (κ3) is 2.25. The number of nitrogens with zero attached hydrogens (tertiary/aromatic N) is 4. The molecule has 0 radical (unpaired) electrons. The molecule has 3 aromatic carbocycles. The molecule has 0 fully saturated rings. The van der Waals surface area contributed by atoms with Crippen LogP contribution in [0.15, 0.2) is 85.1 Å². The molecule has 6 rings (SSSR count). The second kappa shape index (κ2) is 5.79. The van der Waals surface area contributed by atoms with Crippen molar-refractivity contribution >= 4 is 43.9 Å². The van der Waals surface area contributed by atoms with Crippen molar-refractivity contribution in [2.45, 2.75) is 0 Å². The monoisotopic (exact) mass is 358 g/mol. The molecule has 28 heavy (non-hydrogen) atoms. The Kier molecular flexibility index (Phi) is 3.14. The fourth-order valence-electron chi connectivity index (χ4n) is 3.72. The van der Waals surface area contributed by atoms with Crippen LogP contribution in [0.1, 0.15) is 0 Å². The molecule has 0 bridgehead atoms. The zero-order chi connectivity index (χ0) is 18.5. The molecule has 3 heterocycles. The number of hydrogen-bond donors (Lipinski definition) is 0. The first-order valence-electron chi connectivity index (χ1n) is 9.17. The van der Waals surface area contributed by atoms with Gasteiger partial charge in [-0.25, -0.2) is 15.0 Å². The van der Waals surface area contributed by atoms with Crippen molar-refractivity contribution in [1.29, 1.82) is 0 Å². The van der Waals surface area contributed by atoms with Crippen molar-refractivity contribution in [2.75, 3.05) is 0 Å². The van der Waals surface area contributed by atoms with Crippen LogP contribution in [0.25, 0.3) is 55.1 Å². The quantitative estimate of drug-likeness (QED) is 0.286. The van der Waals surface area contributed by atoms with Crippen LogP contribution in [-0.2, 0) is 0 Å². The number of aromatic nitrogens is 4. The molecule has 4 heteroatoms. The average molecular weight is 358 g/mol. The minimum atomic E-state index is 0.862. The first kappa shape index (κ1) is 15.2. The number of fused-ring (bicyclic) bond motifs is 5. The first-order chi connectivity index (χ1) is 13.9. The molecule has 0 atom stereocenters. The zero-order valence-electron chi connectivity index (χ0n) is 14.9. The summed E-state index contributed by atoms with van der Waals surface area (Å²) in [5.41, 5.74) is 7.19. The minimum absolute atomic E-state index is 0.862. The van der Waals surface area contributed by atoms with Gasteiger partial charge in [0.05, 0.1) is 38.8 Å². The second-order valence-electron chi connectivity index (χ2n) is 6.79. The van der Waals surface area contributed by atoms with Gasteiger partial charge in [0, 0.05) is 22.5 Å². The van der Waals surface area contributed by atoms with Gasteiger partial charge in [0.2, 0.25) is 0 Å². The lowest BCUT2D eigenvalue weighted by Crippen LogP contribution is -1.93. The highest BCUT2D eigenvalue weighted by Gasteiger charge is 2.11. The van der Waals surface area contributed by atoms with Gasteiger partial charge in [-0.2, -0.15) is 0 Å². The van der Waals surface area contributed by atoms with Gasteiger partial charge in [0.1, 0.15) is 0 Å². The fourth-order valence-corrected chi connectivity index (χ4v) is 3.72. The summed E-state index contributed by atoms with van der Waals surface area (Å²) >= 11 is 0. The fraction of sp³-hybridized carbons (Fsp3) is 0. The van der Waals surface area contributed by atoms with E-state index in [1.807, 2.05) is 54.7 Å². The Labute approximate surface area is 160 Å². The summed E-state index contributed by atoms with van der Waals surface area (Å²) in [6.45, 7) is 0. The van der Waals surface area contributed by atoms with Crippen LogP contribution in [0.3, 0.4) is 0 Å². The van der Waals surface area contributed by atoms with E-state index in [1.54, 1.807) is 0 Å². The number of pyridine rings is 2. The van der Waals surface area contributed by atoms with Crippen LogP contribution in [-0.4, -0.2) is 19.9 Å². The summed E-state index contributed by atoms with van der Waals surface area (Å²) in [6, 6.07) is 26.3. The lowest BCUT2D eigenvalue weighted by Gasteiger charge is -2.08. The molecule has 0 spiro atoms. The SMILES string of the molecule is c1cnc2c(c1)ccc1ccc(-c3cccc4nc5ccccc5nc34)nc12. The third-order valence-corrected chi connectivity index (χ3v) is 5.08. The molecule has 0 aliphatic carbocycles. The van der Waals surface area contributed by atoms with E-state index in [1.165, 1.54) is 0 Å². The van der Waals surface area contributed by atoms with E-state index in [9.17, 15) is 0 Å². The summed E-state index contributed by atoms with van der Waals surface area (Å²) in [5, 5.41) is 2.16. The van der Waals surface area contributed by atoms with E-state index in [0.29, 0.717) is 0 Å². The van der Waals surface area contributed by atoms with Crippen LogP contribution >= 0.6 is 0 Å². The average Bonchev–Trinajstić information content (AvgIpc) is 2.77. The molecule has 130 valence electrons. The molecule has 0 saturated heterocycles. The molecule has 0 unspecified atom stereocenters. The van der Waals surface area contributed by atoms with Gasteiger partial charge in [0.25, 0.3) is 0 Å². The minimum Gasteiger partial charge on any atom is -0.254 e. The van der Waals surface area contributed by atoms with Gasteiger partial charge in [-0.15, -0.1) is 0 Å². The molecular weight excluding hydrogens is 344 g/mol. The van der Waals surface area contributed by atoms with E-state index in [-0.39, 0.29) is 0 Å². The van der Waals surface area contributed by atoms with Gasteiger partial charge in [-0.3, -0.25) is 4.98 Å². The topological polar surface area (TPSA) is 51.6 Å².